The number of amides is 1. The molecule has 2 heterocycles. The fourth-order valence-electron chi connectivity index (χ4n) is 3.34. The van der Waals surface area contributed by atoms with E-state index in [1.807, 2.05) is 38.1 Å². The van der Waals surface area contributed by atoms with Crippen LogP contribution in [-0.4, -0.2) is 31.7 Å². The van der Waals surface area contributed by atoms with Crippen LogP contribution < -0.4 is 21.3 Å². The van der Waals surface area contributed by atoms with Crippen molar-refractivity contribution in [3.63, 3.8) is 0 Å². The van der Waals surface area contributed by atoms with Gasteiger partial charge in [0.25, 0.3) is 5.56 Å². The first-order chi connectivity index (χ1) is 13.7. The number of ether oxygens (including phenoxy) is 1. The number of benzene rings is 1. The number of carbonyl (C=O) groups is 1. The number of hydrogen-bond donors (Lipinski definition) is 1. The van der Waals surface area contributed by atoms with Gasteiger partial charge in [0.15, 0.2) is 11.2 Å². The summed E-state index contributed by atoms with van der Waals surface area (Å²) in [6.45, 7) is 3.96. The Balaban J connectivity index is 1.87. The first kappa shape index (κ1) is 20.4. The van der Waals surface area contributed by atoms with E-state index in [1.165, 1.54) is 22.5 Å². The molecule has 0 spiro atoms. The molecule has 2 aromatic heterocycles. The van der Waals surface area contributed by atoms with E-state index in [-0.39, 0.29) is 35.6 Å². The highest BCUT2D eigenvalue weighted by Gasteiger charge is 2.20. The molecular weight excluding hydrogens is 374 g/mol. The maximum atomic E-state index is 12.8. The molecule has 0 bridgehead atoms. The quantitative estimate of drug-likeness (QED) is 0.665. The second-order valence-corrected chi connectivity index (χ2v) is 7.31. The summed E-state index contributed by atoms with van der Waals surface area (Å²) in [4.78, 5) is 41.5. The molecule has 0 saturated heterocycles. The Morgan fingerprint density at radius 2 is 1.79 bits per heavy atom. The second-order valence-electron chi connectivity index (χ2n) is 7.31. The van der Waals surface area contributed by atoms with Crippen molar-refractivity contribution >= 4 is 17.1 Å². The molecular formula is C20H25N5O4. The number of aryl methyl sites for hydroxylation is 1. The van der Waals surface area contributed by atoms with Crippen molar-refractivity contribution in [2.75, 3.05) is 7.11 Å². The van der Waals surface area contributed by atoms with E-state index in [1.54, 1.807) is 14.2 Å². The van der Waals surface area contributed by atoms with Crippen LogP contribution in [0.1, 0.15) is 25.5 Å². The summed E-state index contributed by atoms with van der Waals surface area (Å²) in [5, 5.41) is 3.03. The van der Waals surface area contributed by atoms with E-state index in [4.69, 9.17) is 4.74 Å². The van der Waals surface area contributed by atoms with Gasteiger partial charge in [-0.1, -0.05) is 26.0 Å². The second kappa shape index (κ2) is 7.94. The Labute approximate surface area is 167 Å². The molecule has 0 aliphatic carbocycles. The van der Waals surface area contributed by atoms with E-state index in [9.17, 15) is 14.4 Å². The van der Waals surface area contributed by atoms with E-state index < -0.39 is 11.2 Å². The highest BCUT2D eigenvalue weighted by molar-refractivity contribution is 5.79. The number of nitrogens with zero attached hydrogens (tertiary/aromatic N) is 4. The molecule has 0 saturated carbocycles. The minimum atomic E-state index is -0.482. The maximum Gasteiger partial charge on any atom is 0.332 e. The Morgan fingerprint density at radius 3 is 2.38 bits per heavy atom. The Kier molecular flexibility index (Phi) is 5.58. The number of aromatic nitrogens is 4. The van der Waals surface area contributed by atoms with Crippen LogP contribution in [0.4, 0.5) is 0 Å². The zero-order valence-corrected chi connectivity index (χ0v) is 17.2. The van der Waals surface area contributed by atoms with Crippen molar-refractivity contribution in [2.45, 2.75) is 26.4 Å². The van der Waals surface area contributed by atoms with Crippen LogP contribution in [0.2, 0.25) is 0 Å². The van der Waals surface area contributed by atoms with Gasteiger partial charge in [0.05, 0.1) is 19.5 Å². The Morgan fingerprint density at radius 1 is 1.14 bits per heavy atom. The molecule has 0 aliphatic heterocycles. The average molecular weight is 399 g/mol. The molecule has 9 heteroatoms. The molecule has 0 radical (unpaired) electrons. The minimum Gasteiger partial charge on any atom is -0.497 e. The van der Waals surface area contributed by atoms with E-state index in [0.717, 1.165) is 15.9 Å². The molecule has 1 atom stereocenters. The highest BCUT2D eigenvalue weighted by atomic mass is 16.5. The van der Waals surface area contributed by atoms with E-state index >= 15 is 0 Å². The normalized spacial score (nSPS) is 12.3. The highest BCUT2D eigenvalue weighted by Crippen LogP contribution is 2.24. The third-order valence-corrected chi connectivity index (χ3v) is 4.99. The summed E-state index contributed by atoms with van der Waals surface area (Å²) < 4.78 is 8.95. The molecule has 3 aromatic rings. The zero-order valence-electron chi connectivity index (χ0n) is 17.2. The fourth-order valence-corrected chi connectivity index (χ4v) is 3.34. The van der Waals surface area contributed by atoms with Crippen LogP contribution in [0.5, 0.6) is 5.75 Å². The first-order valence-electron chi connectivity index (χ1n) is 9.28. The molecule has 154 valence electrons. The van der Waals surface area contributed by atoms with E-state index in [2.05, 4.69) is 10.3 Å². The predicted octanol–water partition coefficient (Wildman–Crippen LogP) is 0.956. The summed E-state index contributed by atoms with van der Waals surface area (Å²) >= 11 is 0. The van der Waals surface area contributed by atoms with Crippen molar-refractivity contribution in [3.05, 3.63) is 57.0 Å². The van der Waals surface area contributed by atoms with Crippen LogP contribution in [0.25, 0.3) is 11.2 Å². The van der Waals surface area contributed by atoms with Gasteiger partial charge >= 0.3 is 5.69 Å². The monoisotopic (exact) mass is 399 g/mol. The lowest BCUT2D eigenvalue weighted by Crippen LogP contribution is -2.38. The lowest BCUT2D eigenvalue weighted by molar-refractivity contribution is -0.122. The smallest absolute Gasteiger partial charge is 0.332 e. The third kappa shape index (κ3) is 3.80. The molecule has 29 heavy (non-hydrogen) atoms. The lowest BCUT2D eigenvalue weighted by Gasteiger charge is -2.23. The zero-order chi connectivity index (χ0) is 21.3. The Hall–Kier alpha value is -3.36. The first-order valence-corrected chi connectivity index (χ1v) is 9.28. The molecule has 3 rings (SSSR count). The van der Waals surface area contributed by atoms with Crippen LogP contribution in [0.3, 0.4) is 0 Å². The molecule has 0 aliphatic rings. The van der Waals surface area contributed by atoms with Gasteiger partial charge in [0, 0.05) is 14.1 Å². The van der Waals surface area contributed by atoms with Crippen molar-refractivity contribution < 1.29 is 9.53 Å². The van der Waals surface area contributed by atoms with Crippen LogP contribution in [0, 0.1) is 5.92 Å². The number of methoxy groups -OCH3 is 1. The molecule has 1 unspecified atom stereocenters. The standard InChI is InChI=1S/C20H25N5O4/c1-12(2)16(13-6-8-14(29-5)9-7-13)22-15(26)10-25-11-21-18-17(25)19(27)24(4)20(28)23(18)3/h6-9,11-12,16H,10H2,1-5H3,(H,22,26). The number of hydrogen-bond acceptors (Lipinski definition) is 5. The van der Waals surface area contributed by atoms with E-state index in [0.29, 0.717) is 0 Å². The van der Waals surface area contributed by atoms with Gasteiger partial charge in [-0.15, -0.1) is 0 Å². The van der Waals surface area contributed by atoms with Crippen molar-refractivity contribution in [1.29, 1.82) is 0 Å². The number of carbonyl (C=O) groups excluding carboxylic acids is 1. The molecule has 0 fully saturated rings. The Bertz CT molecular complexity index is 1150. The number of imidazole rings is 1. The van der Waals surface area contributed by atoms with Gasteiger partial charge in [-0.25, -0.2) is 9.78 Å². The van der Waals surface area contributed by atoms with Crippen molar-refractivity contribution in [2.24, 2.45) is 20.0 Å². The largest absolute Gasteiger partial charge is 0.497 e. The number of fused-ring (bicyclic) bond motifs is 1. The fraction of sp³-hybridized carbons (Fsp3) is 0.400. The summed E-state index contributed by atoms with van der Waals surface area (Å²) in [6.07, 6.45) is 1.41. The van der Waals surface area contributed by atoms with Crippen molar-refractivity contribution in [1.82, 2.24) is 24.0 Å². The summed E-state index contributed by atoms with van der Waals surface area (Å²) in [6, 6.07) is 7.34. The molecule has 1 aromatic carbocycles. The SMILES string of the molecule is COc1ccc(C(NC(=O)Cn2cnc3c2c(=O)n(C)c(=O)n3C)C(C)C)cc1. The average Bonchev–Trinajstić information content (AvgIpc) is 3.12. The van der Waals surface area contributed by atoms with Crippen LogP contribution in [0.15, 0.2) is 40.2 Å². The topological polar surface area (TPSA) is 100 Å². The van der Waals surface area contributed by atoms with Crippen LogP contribution in [-0.2, 0) is 25.4 Å². The van der Waals surface area contributed by atoms with Crippen LogP contribution >= 0.6 is 0 Å². The number of nitrogens with one attached hydrogen (secondary N) is 1. The molecule has 9 nitrogen and oxygen atoms in total. The predicted molar refractivity (Wildman–Crippen MR) is 109 cm³/mol. The number of rotatable bonds is 6. The molecule has 1 amide bonds. The molecule has 1 N–H and O–H groups in total. The summed E-state index contributed by atoms with van der Waals surface area (Å²) in [5.74, 6) is 0.643. The minimum absolute atomic E-state index is 0.0800. The summed E-state index contributed by atoms with van der Waals surface area (Å²) in [7, 11) is 4.55. The van der Waals surface area contributed by atoms with Gasteiger partial charge in [0.1, 0.15) is 12.3 Å². The lowest BCUT2D eigenvalue weighted by atomic mass is 9.96. The van der Waals surface area contributed by atoms with Gasteiger partial charge in [-0.05, 0) is 23.6 Å². The van der Waals surface area contributed by atoms with Gasteiger partial charge in [-0.2, -0.15) is 0 Å². The van der Waals surface area contributed by atoms with Gasteiger partial charge in [0.2, 0.25) is 5.91 Å². The summed E-state index contributed by atoms with van der Waals surface area (Å²) in [5.41, 5.74) is 0.486. The van der Waals surface area contributed by atoms with Gasteiger partial charge in [-0.3, -0.25) is 18.7 Å². The van der Waals surface area contributed by atoms with Crippen molar-refractivity contribution in [3.8, 4) is 5.75 Å². The van der Waals surface area contributed by atoms with Gasteiger partial charge < -0.3 is 14.6 Å². The maximum absolute atomic E-state index is 12.8. The third-order valence-electron chi connectivity index (χ3n) is 4.99.